The molecule has 0 unspecified atom stereocenters. The summed E-state index contributed by atoms with van der Waals surface area (Å²) in [4.78, 5) is 18.0. The van der Waals surface area contributed by atoms with Crippen LogP contribution in [0.15, 0.2) is 12.4 Å². The fraction of sp³-hybridized carbons (Fsp3) is 0.438. The van der Waals surface area contributed by atoms with Gasteiger partial charge in [-0.15, -0.1) is 0 Å². The predicted octanol–water partition coefficient (Wildman–Crippen LogP) is 2.28. The summed E-state index contributed by atoms with van der Waals surface area (Å²) in [5.74, 6) is -0.628. The Bertz CT molecular complexity index is 828. The number of aryl methyl sites for hydroxylation is 1. The van der Waals surface area contributed by atoms with Gasteiger partial charge in [-0.3, -0.25) is 0 Å². The van der Waals surface area contributed by atoms with Crippen molar-refractivity contribution in [2.45, 2.75) is 33.3 Å². The highest BCUT2D eigenvalue weighted by Gasteiger charge is 2.24. The molecule has 0 aliphatic heterocycles. The zero-order valence-corrected chi connectivity index (χ0v) is 15.5. The van der Waals surface area contributed by atoms with Crippen LogP contribution >= 0.6 is 12.2 Å². The van der Waals surface area contributed by atoms with Crippen molar-refractivity contribution in [2.75, 3.05) is 18.0 Å². The third-order valence-electron chi connectivity index (χ3n) is 3.50. The predicted molar refractivity (Wildman–Crippen MR) is 99.2 cm³/mol. The van der Waals surface area contributed by atoms with Gasteiger partial charge in [-0.1, -0.05) is 0 Å². The molecule has 0 bridgehead atoms. The minimum absolute atomic E-state index is 0.0474. The van der Waals surface area contributed by atoms with Gasteiger partial charge in [-0.2, -0.15) is 0 Å². The highest BCUT2D eigenvalue weighted by molar-refractivity contribution is 7.80. The zero-order valence-electron chi connectivity index (χ0n) is 14.7. The van der Waals surface area contributed by atoms with Crippen LogP contribution in [0.25, 0.3) is 11.0 Å². The van der Waals surface area contributed by atoms with Crippen LogP contribution in [0.3, 0.4) is 0 Å². The molecule has 9 heteroatoms. The molecular formula is C16H22FN5O2S. The molecule has 7 nitrogen and oxygen atoms in total. The third kappa shape index (κ3) is 3.88. The van der Waals surface area contributed by atoms with Crippen LogP contribution in [0.2, 0.25) is 0 Å². The minimum atomic E-state index is -0.706. The summed E-state index contributed by atoms with van der Waals surface area (Å²) in [5, 5.41) is 0.0823. The van der Waals surface area contributed by atoms with E-state index >= 15 is 0 Å². The van der Waals surface area contributed by atoms with Gasteiger partial charge in [-0.25, -0.2) is 18.7 Å². The van der Waals surface area contributed by atoms with Gasteiger partial charge in [-0.05, 0) is 39.9 Å². The van der Waals surface area contributed by atoms with Crippen LogP contribution in [0.1, 0.15) is 26.3 Å². The smallest absolute Gasteiger partial charge is 0.420 e. The van der Waals surface area contributed by atoms with E-state index in [1.807, 2.05) is 0 Å². The maximum atomic E-state index is 14.8. The molecule has 0 saturated carbocycles. The number of carbonyl (C=O) groups excluding carboxylic acids is 1. The van der Waals surface area contributed by atoms with E-state index in [2.05, 4.69) is 4.98 Å². The highest BCUT2D eigenvalue weighted by Crippen LogP contribution is 2.30. The Morgan fingerprint density at radius 2 is 2.12 bits per heavy atom. The van der Waals surface area contributed by atoms with Gasteiger partial charge >= 0.3 is 6.09 Å². The van der Waals surface area contributed by atoms with Crippen molar-refractivity contribution in [3.63, 3.8) is 0 Å². The number of imidazole rings is 1. The molecular weight excluding hydrogens is 345 g/mol. The first-order valence-electron chi connectivity index (χ1n) is 7.73. The second kappa shape index (κ2) is 6.93. The number of nitrogens with zero attached hydrogens (tertiary/aromatic N) is 3. The number of rotatable bonds is 3. The first-order chi connectivity index (χ1) is 11.6. The van der Waals surface area contributed by atoms with Crippen LogP contribution in [0.4, 0.5) is 14.9 Å². The van der Waals surface area contributed by atoms with Gasteiger partial charge < -0.3 is 21.1 Å². The Morgan fingerprint density at radius 1 is 1.48 bits per heavy atom. The van der Waals surface area contributed by atoms with Gasteiger partial charge in [0, 0.05) is 24.7 Å². The number of benzene rings is 1. The molecule has 2 aromatic rings. The number of fused-ring (bicyclic) bond motifs is 1. The second-order valence-electron chi connectivity index (χ2n) is 6.57. The number of carbonyl (C=O) groups is 1. The summed E-state index contributed by atoms with van der Waals surface area (Å²) in [5.41, 5.74) is 12.1. The van der Waals surface area contributed by atoms with E-state index in [0.717, 1.165) is 4.57 Å². The molecule has 2 rings (SSSR count). The van der Waals surface area contributed by atoms with Gasteiger partial charge in [0.15, 0.2) is 10.9 Å². The number of ether oxygens (including phenoxy) is 1. The van der Waals surface area contributed by atoms with E-state index in [0.29, 0.717) is 29.9 Å². The number of nitrogens with two attached hydrogens (primary N) is 2. The number of hydrogen-bond acceptors (Lipinski definition) is 5. The van der Waals surface area contributed by atoms with Crippen molar-refractivity contribution in [1.29, 1.82) is 0 Å². The molecule has 0 aliphatic carbocycles. The average Bonchev–Trinajstić information content (AvgIpc) is 2.92. The lowest BCUT2D eigenvalue weighted by atomic mass is 10.1. The normalized spacial score (nSPS) is 11.6. The van der Waals surface area contributed by atoms with Crippen molar-refractivity contribution in [2.24, 2.45) is 11.5 Å². The number of thiocarbonyl (C=S) groups is 1. The molecule has 0 fully saturated rings. The van der Waals surface area contributed by atoms with Crippen molar-refractivity contribution in [1.82, 2.24) is 9.55 Å². The Morgan fingerprint density at radius 3 is 2.64 bits per heavy atom. The van der Waals surface area contributed by atoms with E-state index in [-0.39, 0.29) is 10.6 Å². The summed E-state index contributed by atoms with van der Waals surface area (Å²) in [6.45, 7) is 7.59. The molecule has 0 saturated heterocycles. The van der Waals surface area contributed by atoms with E-state index in [4.69, 9.17) is 28.4 Å². The van der Waals surface area contributed by atoms with Crippen LogP contribution in [-0.4, -0.2) is 39.4 Å². The second-order valence-corrected chi connectivity index (χ2v) is 6.99. The molecule has 0 radical (unpaired) electrons. The van der Waals surface area contributed by atoms with E-state index in [9.17, 15) is 9.18 Å². The lowest BCUT2D eigenvalue weighted by molar-refractivity contribution is 0.0542. The van der Waals surface area contributed by atoms with Crippen molar-refractivity contribution in [3.8, 4) is 0 Å². The number of halogens is 1. The lowest BCUT2D eigenvalue weighted by Crippen LogP contribution is -2.39. The summed E-state index contributed by atoms with van der Waals surface area (Å²) in [7, 11) is 0. The molecule has 0 atom stereocenters. The van der Waals surface area contributed by atoms with Gasteiger partial charge in [0.1, 0.15) is 17.4 Å². The molecule has 0 amide bonds. The van der Waals surface area contributed by atoms with Gasteiger partial charge in [0.2, 0.25) is 0 Å². The molecule has 0 spiro atoms. The van der Waals surface area contributed by atoms with Crippen LogP contribution in [-0.2, 0) is 4.74 Å². The van der Waals surface area contributed by atoms with E-state index < -0.39 is 17.5 Å². The Kier molecular flexibility index (Phi) is 5.28. The maximum Gasteiger partial charge on any atom is 0.420 e. The fourth-order valence-corrected chi connectivity index (χ4v) is 2.67. The Hall–Kier alpha value is -2.26. The Balaban J connectivity index is 2.59. The average molecular weight is 367 g/mol. The quantitative estimate of drug-likeness (QED) is 0.803. The number of aromatic nitrogens is 2. The molecule has 0 aliphatic rings. The first kappa shape index (κ1) is 19.1. The van der Waals surface area contributed by atoms with Gasteiger partial charge in [0.25, 0.3) is 0 Å². The van der Waals surface area contributed by atoms with Gasteiger partial charge in [0.05, 0.1) is 11.2 Å². The monoisotopic (exact) mass is 367 g/mol. The maximum absolute atomic E-state index is 14.8. The van der Waals surface area contributed by atoms with Crippen LogP contribution < -0.4 is 16.4 Å². The SMILES string of the molecule is Cc1c(N(CCN)C(N)=S)cc(F)c2c1ncn2C(=O)OC(C)(C)C. The minimum Gasteiger partial charge on any atom is -0.443 e. The topological polar surface area (TPSA) is 99.4 Å². The molecule has 1 aromatic carbocycles. The molecule has 25 heavy (non-hydrogen) atoms. The molecule has 1 heterocycles. The van der Waals surface area contributed by atoms with Crippen LogP contribution in [0, 0.1) is 12.7 Å². The molecule has 1 aromatic heterocycles. The summed E-state index contributed by atoms with van der Waals surface area (Å²) < 4.78 is 21.1. The van der Waals surface area contributed by atoms with Crippen LogP contribution in [0.5, 0.6) is 0 Å². The lowest BCUT2D eigenvalue weighted by Gasteiger charge is -2.24. The Labute approximate surface area is 150 Å². The largest absolute Gasteiger partial charge is 0.443 e. The first-order valence-corrected chi connectivity index (χ1v) is 8.14. The molecule has 136 valence electrons. The number of hydrogen-bond donors (Lipinski definition) is 2. The zero-order chi connectivity index (χ0) is 18.9. The van der Waals surface area contributed by atoms with Crippen molar-refractivity contribution >= 4 is 40.1 Å². The van der Waals surface area contributed by atoms with Crippen molar-refractivity contribution in [3.05, 3.63) is 23.8 Å². The number of anilines is 1. The summed E-state index contributed by atoms with van der Waals surface area (Å²) >= 11 is 5.02. The standard InChI is InChI=1S/C16H22FN5O2S/c1-9-11(21(6-5-18)14(19)25)7-10(17)13-12(9)20-8-22(13)15(23)24-16(2,3)4/h7-8H,5-6,18H2,1-4H3,(H2,19,25). The summed E-state index contributed by atoms with van der Waals surface area (Å²) in [6.07, 6.45) is 0.543. The summed E-state index contributed by atoms with van der Waals surface area (Å²) in [6, 6.07) is 1.27. The third-order valence-corrected chi connectivity index (χ3v) is 3.72. The van der Waals surface area contributed by atoms with E-state index in [1.165, 1.54) is 12.4 Å². The highest BCUT2D eigenvalue weighted by atomic mass is 32.1. The van der Waals surface area contributed by atoms with E-state index in [1.54, 1.807) is 32.6 Å². The molecule has 4 N–H and O–H groups in total. The van der Waals surface area contributed by atoms with Crippen molar-refractivity contribution < 1.29 is 13.9 Å². The fourth-order valence-electron chi connectivity index (χ4n) is 2.48.